The number of imidazole rings is 1. The molecule has 200 valence electrons. The lowest BCUT2D eigenvalue weighted by molar-refractivity contribution is 0.0684. The first-order valence-electron chi connectivity index (χ1n) is 14.6. The summed E-state index contributed by atoms with van der Waals surface area (Å²) >= 11 is 0. The van der Waals surface area contributed by atoms with Gasteiger partial charge in [-0.1, -0.05) is 56.0 Å². The highest BCUT2D eigenvalue weighted by Gasteiger charge is 2.30. The second-order valence-electron chi connectivity index (χ2n) is 11.6. The summed E-state index contributed by atoms with van der Waals surface area (Å²) in [4.78, 5) is 26.2. The third-order valence-electron chi connectivity index (χ3n) is 9.04. The minimum atomic E-state index is -1.11. The second kappa shape index (κ2) is 10.9. The van der Waals surface area contributed by atoms with Crippen molar-refractivity contribution in [3.63, 3.8) is 0 Å². The van der Waals surface area contributed by atoms with E-state index in [0.717, 1.165) is 37.1 Å². The SMILES string of the molecule is C[C@@H](Nc1nc(C(=O)O)nc2nc(C3=C(c4ccccc4)CCCC3)n(CC3CCCCC3)c12)C1CCC1. The molecule has 7 heteroatoms. The van der Waals surface area contributed by atoms with Crippen molar-refractivity contribution in [1.82, 2.24) is 19.5 Å². The topological polar surface area (TPSA) is 92.9 Å². The van der Waals surface area contributed by atoms with E-state index in [-0.39, 0.29) is 11.9 Å². The van der Waals surface area contributed by atoms with Crippen molar-refractivity contribution < 1.29 is 9.90 Å². The van der Waals surface area contributed by atoms with Crippen LogP contribution in [0.2, 0.25) is 0 Å². The number of aromatic carboxylic acids is 1. The number of carboxylic acids is 1. The number of hydrogen-bond acceptors (Lipinski definition) is 5. The third kappa shape index (κ3) is 4.95. The number of aromatic nitrogens is 4. The predicted octanol–water partition coefficient (Wildman–Crippen LogP) is 7.19. The summed E-state index contributed by atoms with van der Waals surface area (Å²) in [5.41, 5.74) is 5.27. The number of nitrogens with zero attached hydrogens (tertiary/aromatic N) is 4. The van der Waals surface area contributed by atoms with Crippen LogP contribution in [-0.4, -0.2) is 36.6 Å². The van der Waals surface area contributed by atoms with E-state index in [9.17, 15) is 9.90 Å². The van der Waals surface area contributed by atoms with Gasteiger partial charge in [0, 0.05) is 12.6 Å². The normalized spacial score (nSPS) is 19.9. The molecule has 0 unspecified atom stereocenters. The van der Waals surface area contributed by atoms with Crippen molar-refractivity contribution in [3.05, 3.63) is 47.5 Å². The summed E-state index contributed by atoms with van der Waals surface area (Å²) in [5.74, 6) is 1.46. The van der Waals surface area contributed by atoms with Crippen LogP contribution in [0.1, 0.15) is 106 Å². The zero-order chi connectivity index (χ0) is 26.1. The fourth-order valence-electron chi connectivity index (χ4n) is 6.65. The molecule has 2 N–H and O–H groups in total. The smallest absolute Gasteiger partial charge is 0.374 e. The molecule has 2 saturated carbocycles. The maximum atomic E-state index is 12.0. The highest BCUT2D eigenvalue weighted by molar-refractivity contribution is 5.95. The van der Waals surface area contributed by atoms with Crippen LogP contribution in [0, 0.1) is 11.8 Å². The average Bonchev–Trinajstić information content (AvgIpc) is 3.27. The van der Waals surface area contributed by atoms with Crippen LogP contribution in [0.25, 0.3) is 22.3 Å². The van der Waals surface area contributed by atoms with E-state index < -0.39 is 5.97 Å². The minimum absolute atomic E-state index is 0.185. The van der Waals surface area contributed by atoms with Gasteiger partial charge in [0.1, 0.15) is 11.3 Å². The lowest BCUT2D eigenvalue weighted by atomic mass is 9.80. The van der Waals surface area contributed by atoms with Crippen molar-refractivity contribution >= 4 is 34.1 Å². The Kier molecular flexibility index (Phi) is 7.18. The van der Waals surface area contributed by atoms with E-state index in [4.69, 9.17) is 4.98 Å². The Morgan fingerprint density at radius 2 is 1.68 bits per heavy atom. The molecular weight excluding hydrogens is 474 g/mol. The first-order chi connectivity index (χ1) is 18.6. The van der Waals surface area contributed by atoms with Crippen LogP contribution in [0.3, 0.4) is 0 Å². The van der Waals surface area contributed by atoms with E-state index in [1.165, 1.54) is 74.5 Å². The van der Waals surface area contributed by atoms with Gasteiger partial charge in [0.2, 0.25) is 5.82 Å². The lowest BCUT2D eigenvalue weighted by Crippen LogP contribution is -2.31. The number of anilines is 1. The number of carboxylic acid groups (broad SMARTS) is 1. The van der Waals surface area contributed by atoms with Crippen LogP contribution in [-0.2, 0) is 6.54 Å². The van der Waals surface area contributed by atoms with Gasteiger partial charge in [-0.2, -0.15) is 0 Å². The van der Waals surface area contributed by atoms with Crippen LogP contribution in [0.5, 0.6) is 0 Å². The fourth-order valence-corrected chi connectivity index (χ4v) is 6.65. The molecule has 7 nitrogen and oxygen atoms in total. The monoisotopic (exact) mass is 513 g/mol. The molecule has 6 rings (SSSR count). The van der Waals surface area contributed by atoms with Crippen molar-refractivity contribution in [1.29, 1.82) is 0 Å². The Morgan fingerprint density at radius 1 is 0.947 bits per heavy atom. The molecule has 0 saturated heterocycles. The second-order valence-corrected chi connectivity index (χ2v) is 11.6. The zero-order valence-corrected chi connectivity index (χ0v) is 22.5. The fraction of sp³-hybridized carbons (Fsp3) is 0.548. The summed E-state index contributed by atoms with van der Waals surface area (Å²) in [6.45, 7) is 3.07. The molecule has 0 spiro atoms. The number of benzene rings is 1. The molecule has 3 aromatic rings. The molecule has 2 heterocycles. The number of carbonyl (C=O) groups is 1. The number of nitrogens with one attached hydrogen (secondary N) is 1. The minimum Gasteiger partial charge on any atom is -0.475 e. The third-order valence-corrected chi connectivity index (χ3v) is 9.04. The van der Waals surface area contributed by atoms with Gasteiger partial charge in [-0.3, -0.25) is 0 Å². The molecule has 0 bridgehead atoms. The summed E-state index contributed by atoms with van der Waals surface area (Å²) < 4.78 is 2.36. The average molecular weight is 514 g/mol. The van der Waals surface area contributed by atoms with Crippen LogP contribution in [0.15, 0.2) is 30.3 Å². The number of hydrogen-bond donors (Lipinski definition) is 2. The summed E-state index contributed by atoms with van der Waals surface area (Å²) in [6.07, 6.45) is 14.3. The molecule has 0 aliphatic heterocycles. The molecule has 1 aromatic carbocycles. The van der Waals surface area contributed by atoms with Crippen LogP contribution < -0.4 is 5.32 Å². The maximum absolute atomic E-state index is 12.0. The maximum Gasteiger partial charge on any atom is 0.374 e. The quantitative estimate of drug-likeness (QED) is 0.331. The predicted molar refractivity (Wildman–Crippen MR) is 151 cm³/mol. The standard InChI is InChI=1S/C31H39N5O2/c1-20(22-15-10-16-22)32-27-26-28(34-29(33-27)31(37)38)35-30(36(26)19-21-11-4-2-5-12-21)25-18-9-8-17-24(25)23-13-6-3-7-14-23/h3,6-7,13-14,20-22H,2,4-5,8-12,15-19H2,1H3,(H,37,38)(H,32,33,34)/t20-/m1/s1. The number of fused-ring (bicyclic) bond motifs is 1. The Bertz CT molecular complexity index is 1340. The van der Waals surface area contributed by atoms with Gasteiger partial charge in [-0.25, -0.2) is 19.7 Å². The number of allylic oxidation sites excluding steroid dienone is 2. The summed E-state index contributed by atoms with van der Waals surface area (Å²) in [6, 6.07) is 10.9. The van der Waals surface area contributed by atoms with Crippen molar-refractivity contribution in [2.45, 2.75) is 96.6 Å². The van der Waals surface area contributed by atoms with Gasteiger partial charge in [0.15, 0.2) is 11.5 Å². The number of rotatable bonds is 8. The van der Waals surface area contributed by atoms with E-state index in [2.05, 4.69) is 57.1 Å². The lowest BCUT2D eigenvalue weighted by Gasteiger charge is -2.32. The molecular formula is C31H39N5O2. The van der Waals surface area contributed by atoms with Gasteiger partial charge in [-0.15, -0.1) is 0 Å². The first kappa shape index (κ1) is 25.1. The Hall–Kier alpha value is -3.22. The van der Waals surface area contributed by atoms with Gasteiger partial charge >= 0.3 is 5.97 Å². The van der Waals surface area contributed by atoms with Crippen LogP contribution in [0.4, 0.5) is 5.82 Å². The Labute approximate surface area is 224 Å². The van der Waals surface area contributed by atoms with Gasteiger partial charge in [0.25, 0.3) is 0 Å². The molecule has 2 fully saturated rings. The molecule has 3 aliphatic carbocycles. The largest absolute Gasteiger partial charge is 0.475 e. The molecule has 38 heavy (non-hydrogen) atoms. The summed E-state index contributed by atoms with van der Waals surface area (Å²) in [7, 11) is 0. The first-order valence-corrected chi connectivity index (χ1v) is 14.6. The van der Waals surface area contributed by atoms with Gasteiger partial charge in [0.05, 0.1) is 0 Å². The van der Waals surface area contributed by atoms with E-state index in [1.54, 1.807) is 0 Å². The molecule has 0 radical (unpaired) electrons. The Balaban J connectivity index is 1.54. The van der Waals surface area contributed by atoms with Crippen LogP contribution >= 0.6 is 0 Å². The van der Waals surface area contributed by atoms with Crippen molar-refractivity contribution in [2.24, 2.45) is 11.8 Å². The highest BCUT2D eigenvalue weighted by atomic mass is 16.4. The van der Waals surface area contributed by atoms with Gasteiger partial charge < -0.3 is 15.0 Å². The zero-order valence-electron chi connectivity index (χ0n) is 22.5. The summed E-state index contributed by atoms with van der Waals surface area (Å²) in [5, 5.41) is 13.5. The van der Waals surface area contributed by atoms with E-state index in [1.807, 2.05) is 0 Å². The van der Waals surface area contributed by atoms with E-state index in [0.29, 0.717) is 23.3 Å². The molecule has 0 amide bonds. The van der Waals surface area contributed by atoms with E-state index >= 15 is 0 Å². The Morgan fingerprint density at radius 3 is 2.37 bits per heavy atom. The molecule has 2 aromatic heterocycles. The van der Waals surface area contributed by atoms with Crippen molar-refractivity contribution in [2.75, 3.05) is 5.32 Å². The van der Waals surface area contributed by atoms with Gasteiger partial charge in [-0.05, 0) is 86.8 Å². The molecule has 1 atom stereocenters. The highest BCUT2D eigenvalue weighted by Crippen LogP contribution is 2.40. The van der Waals surface area contributed by atoms with Crippen molar-refractivity contribution in [3.8, 4) is 0 Å². The molecule has 3 aliphatic rings.